The molecule has 1 heterocycles. The second-order valence-corrected chi connectivity index (χ2v) is 5.11. The first-order chi connectivity index (χ1) is 8.33. The quantitative estimate of drug-likeness (QED) is 0.786. The maximum atomic E-state index is 12.4. The van der Waals surface area contributed by atoms with E-state index in [4.69, 9.17) is 9.84 Å². The van der Waals surface area contributed by atoms with Gasteiger partial charge in [0.1, 0.15) is 0 Å². The minimum atomic E-state index is 0.0584. The predicted octanol–water partition coefficient (Wildman–Crippen LogP) is 1.18. The number of carbonyl (C=O) groups excluding carboxylic acids is 1. The summed E-state index contributed by atoms with van der Waals surface area (Å²) in [5.74, 6) is 0.311. The first kappa shape index (κ1) is 12.8. The van der Waals surface area contributed by atoms with E-state index in [1.54, 1.807) is 0 Å². The summed E-state index contributed by atoms with van der Waals surface area (Å²) in [7, 11) is 0. The van der Waals surface area contributed by atoms with Crippen molar-refractivity contribution in [3.8, 4) is 0 Å². The summed E-state index contributed by atoms with van der Waals surface area (Å²) < 4.78 is 5.39. The lowest BCUT2D eigenvalue weighted by Crippen LogP contribution is -2.48. The van der Waals surface area contributed by atoms with Crippen molar-refractivity contribution in [1.29, 1.82) is 0 Å². The number of amides is 1. The second-order valence-electron chi connectivity index (χ2n) is 5.11. The van der Waals surface area contributed by atoms with Crippen molar-refractivity contribution in [3.05, 3.63) is 0 Å². The lowest BCUT2D eigenvalue weighted by atomic mass is 9.89. The molecule has 17 heavy (non-hydrogen) atoms. The molecule has 1 aliphatic carbocycles. The van der Waals surface area contributed by atoms with Crippen molar-refractivity contribution in [2.75, 3.05) is 26.4 Å². The molecule has 0 radical (unpaired) electrons. The van der Waals surface area contributed by atoms with Gasteiger partial charge in [-0.05, 0) is 38.5 Å². The van der Waals surface area contributed by atoms with Gasteiger partial charge in [0.25, 0.3) is 0 Å². The van der Waals surface area contributed by atoms with Crippen LogP contribution < -0.4 is 0 Å². The van der Waals surface area contributed by atoms with Crippen molar-refractivity contribution in [3.63, 3.8) is 0 Å². The molecule has 4 heteroatoms. The molecular formula is C13H23NO3. The number of rotatable bonds is 5. The minimum absolute atomic E-state index is 0.0584. The van der Waals surface area contributed by atoms with Gasteiger partial charge in [-0.3, -0.25) is 4.79 Å². The van der Waals surface area contributed by atoms with Crippen LogP contribution in [0.2, 0.25) is 0 Å². The van der Waals surface area contributed by atoms with E-state index in [0.717, 1.165) is 32.3 Å². The average Bonchev–Trinajstić information content (AvgIpc) is 2.32. The summed E-state index contributed by atoms with van der Waals surface area (Å²) in [5, 5.41) is 8.92. The van der Waals surface area contributed by atoms with Gasteiger partial charge in [0.05, 0.1) is 12.5 Å². The normalized spacial score (nSPS) is 25.4. The summed E-state index contributed by atoms with van der Waals surface area (Å²) in [4.78, 5) is 14.4. The third-order valence-electron chi connectivity index (χ3n) is 3.87. The number of nitrogens with zero attached hydrogens (tertiary/aromatic N) is 1. The Morgan fingerprint density at radius 2 is 2.12 bits per heavy atom. The Morgan fingerprint density at radius 3 is 2.65 bits per heavy atom. The molecule has 4 nitrogen and oxygen atoms in total. The van der Waals surface area contributed by atoms with E-state index >= 15 is 0 Å². The molecule has 1 atom stereocenters. The summed E-state index contributed by atoms with van der Waals surface area (Å²) in [6, 6.07) is 0.427. The molecule has 1 amide bonds. The number of hydrogen-bond donors (Lipinski definition) is 1. The zero-order valence-electron chi connectivity index (χ0n) is 10.4. The highest BCUT2D eigenvalue weighted by Gasteiger charge is 2.33. The molecule has 98 valence electrons. The largest absolute Gasteiger partial charge is 0.396 e. The molecule has 1 unspecified atom stereocenters. The van der Waals surface area contributed by atoms with Crippen LogP contribution in [0.1, 0.15) is 38.5 Å². The fraction of sp³-hybridized carbons (Fsp3) is 0.923. The second kappa shape index (κ2) is 6.36. The van der Waals surface area contributed by atoms with Crippen LogP contribution in [0, 0.1) is 5.92 Å². The summed E-state index contributed by atoms with van der Waals surface area (Å²) in [6.45, 7) is 2.25. The van der Waals surface area contributed by atoms with Gasteiger partial charge in [0, 0.05) is 25.8 Å². The van der Waals surface area contributed by atoms with Crippen LogP contribution in [0.25, 0.3) is 0 Å². The molecule has 1 aliphatic heterocycles. The van der Waals surface area contributed by atoms with E-state index in [-0.39, 0.29) is 18.4 Å². The molecule has 0 bridgehead atoms. The van der Waals surface area contributed by atoms with Crippen LogP contribution in [0.3, 0.4) is 0 Å². The predicted molar refractivity (Wildman–Crippen MR) is 64.6 cm³/mol. The van der Waals surface area contributed by atoms with E-state index < -0.39 is 0 Å². The molecule has 1 saturated heterocycles. The van der Waals surface area contributed by atoms with Crippen LogP contribution in [-0.4, -0.2) is 48.3 Å². The first-order valence-corrected chi connectivity index (χ1v) is 6.82. The Kier molecular flexibility index (Phi) is 4.80. The molecule has 2 rings (SSSR count). The molecule has 1 N–H and O–H groups in total. The third-order valence-corrected chi connectivity index (χ3v) is 3.87. The number of aliphatic hydroxyl groups excluding tert-OH is 1. The third kappa shape index (κ3) is 3.19. The number of aliphatic hydroxyl groups is 1. The molecule has 0 aromatic rings. The lowest BCUT2D eigenvalue weighted by molar-refractivity contribution is -0.144. The van der Waals surface area contributed by atoms with Gasteiger partial charge >= 0.3 is 0 Å². The highest BCUT2D eigenvalue weighted by molar-refractivity contribution is 5.79. The Balaban J connectivity index is 1.90. The molecular weight excluding hydrogens is 218 g/mol. The fourth-order valence-electron chi connectivity index (χ4n) is 2.58. The topological polar surface area (TPSA) is 49.8 Å². The highest BCUT2D eigenvalue weighted by Crippen LogP contribution is 2.27. The van der Waals surface area contributed by atoms with Gasteiger partial charge in [0.15, 0.2) is 0 Å². The Hall–Kier alpha value is -0.610. The van der Waals surface area contributed by atoms with Gasteiger partial charge in [-0.15, -0.1) is 0 Å². The zero-order chi connectivity index (χ0) is 12.1. The van der Waals surface area contributed by atoms with Crippen molar-refractivity contribution in [2.45, 2.75) is 44.6 Å². The highest BCUT2D eigenvalue weighted by atomic mass is 16.5. The van der Waals surface area contributed by atoms with E-state index in [0.29, 0.717) is 25.6 Å². The van der Waals surface area contributed by atoms with E-state index in [1.807, 2.05) is 4.90 Å². The first-order valence-electron chi connectivity index (χ1n) is 6.82. The minimum Gasteiger partial charge on any atom is -0.396 e. The van der Waals surface area contributed by atoms with E-state index in [2.05, 4.69) is 0 Å². The van der Waals surface area contributed by atoms with Gasteiger partial charge in [-0.1, -0.05) is 0 Å². The van der Waals surface area contributed by atoms with Crippen molar-refractivity contribution >= 4 is 5.91 Å². The summed E-state index contributed by atoms with van der Waals surface area (Å²) in [6.07, 6.45) is 6.14. The fourth-order valence-corrected chi connectivity index (χ4v) is 2.58. The average molecular weight is 241 g/mol. The van der Waals surface area contributed by atoms with Crippen molar-refractivity contribution in [1.82, 2.24) is 4.90 Å². The van der Waals surface area contributed by atoms with Gasteiger partial charge < -0.3 is 14.7 Å². The number of ether oxygens (including phenoxy) is 1. The van der Waals surface area contributed by atoms with Crippen LogP contribution in [0.15, 0.2) is 0 Å². The van der Waals surface area contributed by atoms with E-state index in [1.165, 1.54) is 6.42 Å². The van der Waals surface area contributed by atoms with Crippen LogP contribution in [0.4, 0.5) is 0 Å². The SMILES string of the molecule is O=C(C1CCCOC1)N(CCCO)C1CCC1. The maximum Gasteiger partial charge on any atom is 0.228 e. The monoisotopic (exact) mass is 241 g/mol. The molecule has 0 spiro atoms. The smallest absolute Gasteiger partial charge is 0.228 e. The number of hydrogen-bond acceptors (Lipinski definition) is 3. The zero-order valence-corrected chi connectivity index (χ0v) is 10.4. The van der Waals surface area contributed by atoms with Gasteiger partial charge in [-0.2, -0.15) is 0 Å². The van der Waals surface area contributed by atoms with Crippen molar-refractivity contribution < 1.29 is 14.6 Å². The van der Waals surface area contributed by atoms with E-state index in [9.17, 15) is 4.79 Å². The molecule has 1 saturated carbocycles. The lowest BCUT2D eigenvalue weighted by Gasteiger charge is -2.40. The molecule has 2 fully saturated rings. The Morgan fingerprint density at radius 1 is 1.29 bits per heavy atom. The van der Waals surface area contributed by atoms with Crippen LogP contribution in [0.5, 0.6) is 0 Å². The Bertz CT molecular complexity index is 247. The molecule has 2 aliphatic rings. The molecule has 0 aromatic heterocycles. The van der Waals surface area contributed by atoms with Crippen molar-refractivity contribution in [2.24, 2.45) is 5.92 Å². The molecule has 0 aromatic carbocycles. The number of carbonyl (C=O) groups is 1. The summed E-state index contributed by atoms with van der Waals surface area (Å²) in [5.41, 5.74) is 0. The standard InChI is InChI=1S/C13H23NO3/c15-8-3-7-14(12-5-1-6-12)13(16)11-4-2-9-17-10-11/h11-12,15H,1-10H2. The maximum absolute atomic E-state index is 12.4. The summed E-state index contributed by atoms with van der Waals surface area (Å²) >= 11 is 0. The van der Waals surface area contributed by atoms with Crippen LogP contribution in [-0.2, 0) is 9.53 Å². The Labute approximate surface area is 103 Å². The van der Waals surface area contributed by atoms with Gasteiger partial charge in [0.2, 0.25) is 5.91 Å². The van der Waals surface area contributed by atoms with Gasteiger partial charge in [-0.25, -0.2) is 0 Å². The van der Waals surface area contributed by atoms with Crippen LogP contribution >= 0.6 is 0 Å².